The molecule has 1 aliphatic carbocycles. The molecule has 1 amide bonds. The Kier molecular flexibility index (Phi) is 7.80. The highest BCUT2D eigenvalue weighted by Crippen LogP contribution is 2.48. The molecule has 6 rings (SSSR count). The van der Waals surface area contributed by atoms with Gasteiger partial charge in [0.15, 0.2) is 5.78 Å². The summed E-state index contributed by atoms with van der Waals surface area (Å²) in [7, 11) is 1.66. The molecule has 2 aliphatic heterocycles. The molecule has 42 heavy (non-hydrogen) atoms. The molecule has 3 aromatic carbocycles. The molecule has 0 bridgehead atoms. The topological polar surface area (TPSA) is 61.9 Å². The van der Waals surface area contributed by atoms with Gasteiger partial charge in [0.25, 0.3) is 0 Å². The maximum absolute atomic E-state index is 14.0. The third-order valence-corrected chi connectivity index (χ3v) is 9.05. The van der Waals surface area contributed by atoms with E-state index in [-0.39, 0.29) is 23.7 Å². The van der Waals surface area contributed by atoms with Gasteiger partial charge in [0.2, 0.25) is 5.91 Å². The summed E-state index contributed by atoms with van der Waals surface area (Å²) in [5, 5.41) is 3.65. The number of hydrogen-bond donors (Lipinski definition) is 1. The Morgan fingerprint density at radius 3 is 2.45 bits per heavy atom. The van der Waals surface area contributed by atoms with Crippen molar-refractivity contribution in [3.8, 4) is 5.75 Å². The van der Waals surface area contributed by atoms with Crippen LogP contribution in [0.25, 0.3) is 0 Å². The van der Waals surface area contributed by atoms with Gasteiger partial charge >= 0.3 is 0 Å². The summed E-state index contributed by atoms with van der Waals surface area (Å²) in [4.78, 5) is 32.2. The average molecular weight is 564 g/mol. The average Bonchev–Trinajstić information content (AvgIpc) is 3.12. The fourth-order valence-electron chi connectivity index (χ4n) is 6.97. The Bertz CT molecular complexity index is 1490. The van der Waals surface area contributed by atoms with Gasteiger partial charge in [-0.05, 0) is 72.4 Å². The predicted molar refractivity (Wildman–Crippen MR) is 168 cm³/mol. The second-order valence-corrected chi connectivity index (χ2v) is 12.8. The second kappa shape index (κ2) is 11.7. The number of rotatable bonds is 6. The van der Waals surface area contributed by atoms with Crippen molar-refractivity contribution < 1.29 is 14.3 Å². The standard InChI is InChI=1S/C36H41N3O3/c1-36(2)22-30-34(32(40)23-36)35(27-12-9-13-28(21-27)42-3)39(31-15-8-7-14-29(31)37-30)24-33(41)38-18-16-26(17-19-38)20-25-10-5-4-6-11-25/h4-15,21,26,35,37H,16-20,22-24H2,1-3H3. The Balaban J connectivity index is 1.33. The van der Waals surface area contributed by atoms with E-state index in [2.05, 4.69) is 60.5 Å². The van der Waals surface area contributed by atoms with Crippen molar-refractivity contribution in [2.24, 2.45) is 11.3 Å². The number of allylic oxidation sites excluding steroid dienone is 1. The first-order chi connectivity index (χ1) is 20.3. The molecular weight excluding hydrogens is 522 g/mol. The molecule has 1 fully saturated rings. The number of likely N-dealkylation sites (tertiary alicyclic amines) is 1. The number of para-hydroxylation sites is 2. The van der Waals surface area contributed by atoms with Crippen LogP contribution in [-0.4, -0.2) is 43.3 Å². The highest BCUT2D eigenvalue weighted by Gasteiger charge is 2.42. The van der Waals surface area contributed by atoms with E-state index in [1.165, 1.54) is 5.56 Å². The summed E-state index contributed by atoms with van der Waals surface area (Å²) in [5.74, 6) is 1.55. The van der Waals surface area contributed by atoms with E-state index in [1.54, 1.807) is 7.11 Å². The molecule has 6 nitrogen and oxygen atoms in total. The number of nitrogens with one attached hydrogen (secondary N) is 1. The highest BCUT2D eigenvalue weighted by molar-refractivity contribution is 6.02. The Morgan fingerprint density at radius 1 is 0.952 bits per heavy atom. The largest absolute Gasteiger partial charge is 0.497 e. The van der Waals surface area contributed by atoms with Crippen LogP contribution in [0.5, 0.6) is 5.75 Å². The molecule has 1 saturated heterocycles. The molecular formula is C36H41N3O3. The first kappa shape index (κ1) is 28.1. The maximum atomic E-state index is 14.0. The smallest absolute Gasteiger partial charge is 0.242 e. The van der Waals surface area contributed by atoms with Gasteiger partial charge in [-0.15, -0.1) is 0 Å². The van der Waals surface area contributed by atoms with Crippen LogP contribution in [0, 0.1) is 11.3 Å². The molecule has 2 heterocycles. The highest BCUT2D eigenvalue weighted by atomic mass is 16.5. The van der Waals surface area contributed by atoms with E-state index in [1.807, 2.05) is 47.4 Å². The lowest BCUT2D eigenvalue weighted by Gasteiger charge is -2.39. The van der Waals surface area contributed by atoms with Crippen LogP contribution in [0.4, 0.5) is 11.4 Å². The Labute approximate surface area is 249 Å². The van der Waals surface area contributed by atoms with Gasteiger partial charge in [-0.3, -0.25) is 9.59 Å². The van der Waals surface area contributed by atoms with Crippen LogP contribution in [0.3, 0.4) is 0 Å². The van der Waals surface area contributed by atoms with Crippen LogP contribution < -0.4 is 15.0 Å². The number of anilines is 2. The van der Waals surface area contributed by atoms with Crippen LogP contribution in [0.15, 0.2) is 90.1 Å². The van der Waals surface area contributed by atoms with E-state index >= 15 is 0 Å². The number of fused-ring (bicyclic) bond motifs is 1. The number of methoxy groups -OCH3 is 1. The molecule has 1 atom stereocenters. The van der Waals surface area contributed by atoms with Crippen molar-refractivity contribution >= 4 is 23.1 Å². The molecule has 1 unspecified atom stereocenters. The van der Waals surface area contributed by atoms with Crippen molar-refractivity contribution in [3.05, 3.63) is 101 Å². The quantitative estimate of drug-likeness (QED) is 0.358. The number of carbonyl (C=O) groups excluding carboxylic acids is 2. The molecule has 218 valence electrons. The molecule has 0 radical (unpaired) electrons. The number of hydrogen-bond acceptors (Lipinski definition) is 5. The van der Waals surface area contributed by atoms with Gasteiger partial charge in [0, 0.05) is 30.8 Å². The lowest BCUT2D eigenvalue weighted by Crippen LogP contribution is -2.46. The van der Waals surface area contributed by atoms with Crippen LogP contribution in [0.2, 0.25) is 0 Å². The third kappa shape index (κ3) is 5.80. The summed E-state index contributed by atoms with van der Waals surface area (Å²) in [5.41, 5.74) is 5.73. The van der Waals surface area contributed by atoms with Crippen molar-refractivity contribution in [2.45, 2.75) is 52.0 Å². The molecule has 0 spiro atoms. The third-order valence-electron chi connectivity index (χ3n) is 9.05. The zero-order valence-electron chi connectivity index (χ0n) is 24.9. The lowest BCUT2D eigenvalue weighted by atomic mass is 9.73. The van der Waals surface area contributed by atoms with Gasteiger partial charge in [-0.1, -0.05) is 68.4 Å². The number of Topliss-reactive ketones (excluding diaryl/α,β-unsaturated/α-hetero) is 1. The second-order valence-electron chi connectivity index (χ2n) is 12.8. The van der Waals surface area contributed by atoms with Gasteiger partial charge < -0.3 is 19.9 Å². The number of carbonyl (C=O) groups is 2. The number of nitrogens with zero attached hydrogens (tertiary/aromatic N) is 2. The number of piperidine rings is 1. The Hall–Kier alpha value is -4.06. The van der Waals surface area contributed by atoms with Crippen molar-refractivity contribution in [1.82, 2.24) is 4.90 Å². The van der Waals surface area contributed by atoms with E-state index in [4.69, 9.17) is 4.74 Å². The monoisotopic (exact) mass is 563 g/mol. The van der Waals surface area contributed by atoms with Gasteiger partial charge in [0.1, 0.15) is 5.75 Å². The van der Waals surface area contributed by atoms with Gasteiger partial charge in [-0.2, -0.15) is 0 Å². The normalized spacial score (nSPS) is 20.4. The minimum atomic E-state index is -0.408. The number of amides is 1. The van der Waals surface area contributed by atoms with Gasteiger partial charge in [-0.25, -0.2) is 0 Å². The molecule has 6 heteroatoms. The lowest BCUT2D eigenvalue weighted by molar-refractivity contribution is -0.131. The van der Waals surface area contributed by atoms with Gasteiger partial charge in [0.05, 0.1) is 31.1 Å². The van der Waals surface area contributed by atoms with E-state index < -0.39 is 6.04 Å². The van der Waals surface area contributed by atoms with E-state index in [0.717, 1.165) is 72.7 Å². The molecule has 3 aromatic rings. The minimum absolute atomic E-state index is 0.100. The summed E-state index contributed by atoms with van der Waals surface area (Å²) >= 11 is 0. The van der Waals surface area contributed by atoms with E-state index in [0.29, 0.717) is 12.3 Å². The van der Waals surface area contributed by atoms with Crippen LogP contribution >= 0.6 is 0 Å². The van der Waals surface area contributed by atoms with Crippen molar-refractivity contribution in [3.63, 3.8) is 0 Å². The number of benzene rings is 3. The van der Waals surface area contributed by atoms with Crippen molar-refractivity contribution in [1.29, 1.82) is 0 Å². The molecule has 0 saturated carbocycles. The minimum Gasteiger partial charge on any atom is -0.497 e. The number of ether oxygens (including phenoxy) is 1. The van der Waals surface area contributed by atoms with Crippen LogP contribution in [0.1, 0.15) is 56.7 Å². The zero-order valence-corrected chi connectivity index (χ0v) is 24.9. The first-order valence-electron chi connectivity index (χ1n) is 15.2. The molecule has 0 aromatic heterocycles. The number of ketones is 1. The maximum Gasteiger partial charge on any atom is 0.242 e. The fraction of sp³-hybridized carbons (Fsp3) is 0.389. The van der Waals surface area contributed by atoms with Crippen LogP contribution in [-0.2, 0) is 16.0 Å². The summed E-state index contributed by atoms with van der Waals surface area (Å²) in [6.07, 6.45) is 4.30. The summed E-state index contributed by atoms with van der Waals surface area (Å²) in [6.45, 7) is 6.01. The predicted octanol–water partition coefficient (Wildman–Crippen LogP) is 6.79. The Morgan fingerprint density at radius 2 is 1.69 bits per heavy atom. The first-order valence-corrected chi connectivity index (χ1v) is 15.2. The van der Waals surface area contributed by atoms with E-state index in [9.17, 15) is 9.59 Å². The summed E-state index contributed by atoms with van der Waals surface area (Å²) in [6, 6.07) is 26.3. The fourth-order valence-corrected chi connectivity index (χ4v) is 6.97. The summed E-state index contributed by atoms with van der Waals surface area (Å²) < 4.78 is 5.60. The SMILES string of the molecule is COc1cccc(C2C3=C(CC(C)(C)CC3=O)Nc3ccccc3N2CC(=O)N2CCC(Cc3ccccc3)CC2)c1. The van der Waals surface area contributed by atoms with Crippen molar-refractivity contribution in [2.75, 3.05) is 37.0 Å². The molecule has 3 aliphatic rings. The molecule has 1 N–H and O–H groups in total. The zero-order chi connectivity index (χ0) is 29.3.